The fraction of sp³-hybridized carbons (Fsp3) is 0.294. The lowest BCUT2D eigenvalue weighted by Crippen LogP contribution is -2.51. The van der Waals surface area contributed by atoms with Crippen LogP contribution in [-0.2, 0) is 10.3 Å². The maximum atomic E-state index is 12.1. The highest BCUT2D eigenvalue weighted by atomic mass is 16.4. The molecule has 4 heterocycles. The first-order valence-corrected chi connectivity index (χ1v) is 8.25. The van der Waals surface area contributed by atoms with Gasteiger partial charge in [0.25, 0.3) is 0 Å². The summed E-state index contributed by atoms with van der Waals surface area (Å²) in [6.45, 7) is 1.05. The van der Waals surface area contributed by atoms with Crippen molar-refractivity contribution in [1.82, 2.24) is 19.7 Å². The number of piperidine rings is 1. The van der Waals surface area contributed by atoms with Gasteiger partial charge in [-0.3, -0.25) is 4.68 Å². The zero-order chi connectivity index (χ0) is 18.1. The number of carboxylic acid groups (broad SMARTS) is 1. The molecular formula is C17H18N6O3. The average molecular weight is 354 g/mol. The van der Waals surface area contributed by atoms with Crippen LogP contribution in [0, 0.1) is 0 Å². The van der Waals surface area contributed by atoms with E-state index in [-0.39, 0.29) is 5.95 Å². The predicted octanol–water partition coefficient (Wildman–Crippen LogP) is 1.60. The van der Waals surface area contributed by atoms with E-state index in [9.17, 15) is 9.90 Å². The summed E-state index contributed by atoms with van der Waals surface area (Å²) in [5, 5.41) is 14.4. The molecule has 0 unspecified atom stereocenters. The van der Waals surface area contributed by atoms with Crippen molar-refractivity contribution in [3.8, 4) is 11.5 Å². The Morgan fingerprint density at radius 2 is 2.08 bits per heavy atom. The second kappa shape index (κ2) is 6.17. The Morgan fingerprint density at radius 1 is 1.27 bits per heavy atom. The summed E-state index contributed by atoms with van der Waals surface area (Å²) in [4.78, 5) is 22.2. The Bertz CT molecular complexity index is 912. The first-order chi connectivity index (χ1) is 12.6. The monoisotopic (exact) mass is 354 g/mol. The van der Waals surface area contributed by atoms with E-state index in [4.69, 9.17) is 10.2 Å². The Morgan fingerprint density at radius 3 is 2.73 bits per heavy atom. The minimum absolute atomic E-state index is 0.202. The molecule has 1 aliphatic heterocycles. The van der Waals surface area contributed by atoms with Gasteiger partial charge in [-0.25, -0.2) is 9.78 Å². The molecule has 0 aromatic carbocycles. The van der Waals surface area contributed by atoms with Crippen LogP contribution in [0.15, 0.2) is 47.3 Å². The number of nitrogens with zero attached hydrogens (tertiary/aromatic N) is 5. The lowest BCUT2D eigenvalue weighted by molar-refractivity contribution is -0.149. The maximum absolute atomic E-state index is 12.1. The van der Waals surface area contributed by atoms with Crippen LogP contribution < -0.4 is 10.6 Å². The topological polar surface area (TPSA) is 123 Å². The van der Waals surface area contributed by atoms with Gasteiger partial charge in [0.2, 0.25) is 5.95 Å². The molecule has 0 aliphatic carbocycles. The predicted molar refractivity (Wildman–Crippen MR) is 93.4 cm³/mol. The van der Waals surface area contributed by atoms with Crippen molar-refractivity contribution in [2.24, 2.45) is 0 Å². The Labute approximate surface area is 149 Å². The van der Waals surface area contributed by atoms with E-state index in [1.165, 1.54) is 0 Å². The molecule has 0 bridgehead atoms. The molecule has 3 aromatic rings. The van der Waals surface area contributed by atoms with Gasteiger partial charge in [0.15, 0.2) is 11.3 Å². The van der Waals surface area contributed by atoms with E-state index in [2.05, 4.69) is 15.1 Å². The number of nitrogens with two attached hydrogens (primary N) is 1. The van der Waals surface area contributed by atoms with Crippen molar-refractivity contribution < 1.29 is 14.3 Å². The zero-order valence-electron chi connectivity index (χ0n) is 13.9. The van der Waals surface area contributed by atoms with E-state index >= 15 is 0 Å². The third kappa shape index (κ3) is 2.67. The van der Waals surface area contributed by atoms with Gasteiger partial charge in [-0.2, -0.15) is 10.1 Å². The third-order valence-electron chi connectivity index (χ3n) is 4.77. The maximum Gasteiger partial charge on any atom is 0.331 e. The molecule has 4 rings (SSSR count). The number of aliphatic carboxylic acids is 1. The number of hydrogen-bond donors (Lipinski definition) is 2. The van der Waals surface area contributed by atoms with Crippen molar-refractivity contribution >= 4 is 17.7 Å². The van der Waals surface area contributed by atoms with Gasteiger partial charge in [0.1, 0.15) is 11.5 Å². The molecule has 3 aromatic heterocycles. The van der Waals surface area contributed by atoms with Crippen LogP contribution in [-0.4, -0.2) is 43.9 Å². The molecular weight excluding hydrogens is 336 g/mol. The smallest absolute Gasteiger partial charge is 0.331 e. The molecule has 134 valence electrons. The Hall–Kier alpha value is -3.36. The number of nitrogen functional groups attached to an aromatic ring is 1. The standard InChI is InChI=1S/C17H18N6O3/c18-16-19-7-3-14(20-16)22-9-5-17(6-10-22,15(24)25)23-8-4-12(21-23)13-2-1-11-26-13/h1-4,7-8,11H,5-6,9-10H2,(H,24,25)(H2,18,19,20). The van der Waals surface area contributed by atoms with Gasteiger partial charge in [0, 0.05) is 38.3 Å². The lowest BCUT2D eigenvalue weighted by Gasteiger charge is -2.39. The first-order valence-electron chi connectivity index (χ1n) is 8.25. The molecule has 9 heteroatoms. The van der Waals surface area contributed by atoms with Crippen LogP contribution >= 0.6 is 0 Å². The van der Waals surface area contributed by atoms with Gasteiger partial charge in [-0.15, -0.1) is 0 Å². The largest absolute Gasteiger partial charge is 0.479 e. The van der Waals surface area contributed by atoms with Crippen LogP contribution in [0.5, 0.6) is 0 Å². The second-order valence-electron chi connectivity index (χ2n) is 6.22. The molecule has 0 amide bonds. The fourth-order valence-corrected chi connectivity index (χ4v) is 3.30. The van der Waals surface area contributed by atoms with Gasteiger partial charge < -0.3 is 20.2 Å². The molecule has 9 nitrogen and oxygen atoms in total. The van der Waals surface area contributed by atoms with Crippen LogP contribution in [0.4, 0.5) is 11.8 Å². The number of aromatic nitrogens is 4. The molecule has 1 aliphatic rings. The SMILES string of the molecule is Nc1nccc(N2CCC(C(=O)O)(n3ccc(-c4ccco4)n3)CC2)n1. The number of hydrogen-bond acceptors (Lipinski definition) is 7. The van der Waals surface area contributed by atoms with E-state index < -0.39 is 11.5 Å². The summed E-state index contributed by atoms with van der Waals surface area (Å²) in [7, 11) is 0. The number of furan rings is 1. The third-order valence-corrected chi connectivity index (χ3v) is 4.77. The van der Waals surface area contributed by atoms with Crippen molar-refractivity contribution in [2.45, 2.75) is 18.4 Å². The van der Waals surface area contributed by atoms with Gasteiger partial charge in [0.05, 0.1) is 6.26 Å². The minimum atomic E-state index is -1.10. The van der Waals surface area contributed by atoms with Gasteiger partial charge in [-0.05, 0) is 24.3 Å². The highest BCUT2D eigenvalue weighted by Gasteiger charge is 2.44. The summed E-state index contributed by atoms with van der Waals surface area (Å²) in [5.74, 6) is 0.618. The van der Waals surface area contributed by atoms with E-state index in [1.54, 1.807) is 47.6 Å². The van der Waals surface area contributed by atoms with Gasteiger partial charge in [-0.1, -0.05) is 0 Å². The molecule has 3 N–H and O–H groups in total. The molecule has 0 atom stereocenters. The normalized spacial score (nSPS) is 16.5. The van der Waals surface area contributed by atoms with Crippen LogP contribution in [0.1, 0.15) is 12.8 Å². The van der Waals surface area contributed by atoms with Crippen molar-refractivity contribution in [2.75, 3.05) is 23.7 Å². The summed E-state index contributed by atoms with van der Waals surface area (Å²) in [6.07, 6.45) is 5.65. The van der Waals surface area contributed by atoms with Crippen molar-refractivity contribution in [1.29, 1.82) is 0 Å². The summed E-state index contributed by atoms with van der Waals surface area (Å²) in [6, 6.07) is 7.10. The van der Waals surface area contributed by atoms with Crippen molar-refractivity contribution in [3.05, 3.63) is 42.9 Å². The molecule has 26 heavy (non-hydrogen) atoms. The molecule has 0 spiro atoms. The summed E-state index contributed by atoms with van der Waals surface area (Å²) in [5.41, 5.74) is 5.16. The van der Waals surface area contributed by atoms with E-state index in [0.29, 0.717) is 43.2 Å². The number of carbonyl (C=O) groups is 1. The van der Waals surface area contributed by atoms with Crippen LogP contribution in [0.25, 0.3) is 11.5 Å². The number of rotatable bonds is 4. The number of carboxylic acids is 1. The van der Waals surface area contributed by atoms with E-state index in [1.807, 2.05) is 4.90 Å². The fourth-order valence-electron chi connectivity index (χ4n) is 3.30. The number of anilines is 2. The van der Waals surface area contributed by atoms with E-state index in [0.717, 1.165) is 0 Å². The summed E-state index contributed by atoms with van der Waals surface area (Å²) < 4.78 is 6.88. The quantitative estimate of drug-likeness (QED) is 0.724. The van der Waals surface area contributed by atoms with Gasteiger partial charge >= 0.3 is 5.97 Å². The Balaban J connectivity index is 1.58. The first kappa shape index (κ1) is 16.1. The minimum Gasteiger partial charge on any atom is -0.479 e. The summed E-state index contributed by atoms with van der Waals surface area (Å²) >= 11 is 0. The molecule has 1 saturated heterocycles. The highest BCUT2D eigenvalue weighted by molar-refractivity contribution is 5.77. The Kier molecular flexibility index (Phi) is 3.83. The highest BCUT2D eigenvalue weighted by Crippen LogP contribution is 2.33. The second-order valence-corrected chi connectivity index (χ2v) is 6.22. The molecule has 0 radical (unpaired) electrons. The molecule has 0 saturated carbocycles. The average Bonchev–Trinajstić information content (AvgIpc) is 3.33. The zero-order valence-corrected chi connectivity index (χ0v) is 13.9. The van der Waals surface area contributed by atoms with Crippen LogP contribution in [0.3, 0.4) is 0 Å². The van der Waals surface area contributed by atoms with Crippen LogP contribution in [0.2, 0.25) is 0 Å². The van der Waals surface area contributed by atoms with Crippen molar-refractivity contribution in [3.63, 3.8) is 0 Å². The lowest BCUT2D eigenvalue weighted by atomic mass is 9.87. The molecule has 1 fully saturated rings.